The minimum atomic E-state index is 0.0595. The van der Waals surface area contributed by atoms with Crippen LogP contribution in [0.1, 0.15) is 36.8 Å². The predicted molar refractivity (Wildman–Crippen MR) is 82.9 cm³/mol. The molecule has 1 fully saturated rings. The molecule has 0 bridgehead atoms. The van der Waals surface area contributed by atoms with Crippen LogP contribution in [-0.2, 0) is 16.0 Å². The maximum absolute atomic E-state index is 11.7. The molecular formula is C17H24N2O2. The molecule has 1 aromatic carbocycles. The molecule has 0 aromatic heterocycles. The van der Waals surface area contributed by atoms with Gasteiger partial charge >= 0.3 is 0 Å². The third-order valence-corrected chi connectivity index (χ3v) is 3.81. The fraction of sp³-hybridized carbons (Fsp3) is 0.529. The lowest BCUT2D eigenvalue weighted by molar-refractivity contribution is -0.123. The van der Waals surface area contributed by atoms with E-state index in [4.69, 9.17) is 0 Å². The highest BCUT2D eigenvalue weighted by Gasteiger charge is 2.28. The summed E-state index contributed by atoms with van der Waals surface area (Å²) in [7, 11) is 0. The van der Waals surface area contributed by atoms with Crippen LogP contribution in [0.3, 0.4) is 0 Å². The minimum absolute atomic E-state index is 0.0595. The zero-order valence-electron chi connectivity index (χ0n) is 12.7. The molecule has 0 saturated heterocycles. The second kappa shape index (κ2) is 7.81. The Labute approximate surface area is 126 Å². The third-order valence-electron chi connectivity index (χ3n) is 3.81. The van der Waals surface area contributed by atoms with Crippen LogP contribution < -0.4 is 10.6 Å². The van der Waals surface area contributed by atoms with Crippen molar-refractivity contribution in [2.45, 2.75) is 39.0 Å². The highest BCUT2D eigenvalue weighted by molar-refractivity contribution is 5.81. The van der Waals surface area contributed by atoms with Crippen molar-refractivity contribution < 1.29 is 9.59 Å². The van der Waals surface area contributed by atoms with E-state index in [9.17, 15) is 9.59 Å². The Morgan fingerprint density at radius 1 is 1.14 bits per heavy atom. The molecule has 1 aliphatic rings. The molecule has 0 unspecified atom stereocenters. The minimum Gasteiger partial charge on any atom is -0.356 e. The van der Waals surface area contributed by atoms with Crippen molar-refractivity contribution in [2.75, 3.05) is 13.1 Å². The fourth-order valence-corrected chi connectivity index (χ4v) is 2.27. The van der Waals surface area contributed by atoms with E-state index in [0.717, 1.165) is 19.3 Å². The number of carbonyl (C=O) groups excluding carboxylic acids is 2. The summed E-state index contributed by atoms with van der Waals surface area (Å²) in [6.07, 6.45) is 4.07. The number of nitrogens with one attached hydrogen (secondary N) is 2. The monoisotopic (exact) mass is 288 g/mol. The van der Waals surface area contributed by atoms with Gasteiger partial charge in [0.15, 0.2) is 0 Å². The number of aryl methyl sites for hydroxylation is 1. The Hall–Kier alpha value is -1.84. The third kappa shape index (κ3) is 5.58. The van der Waals surface area contributed by atoms with Crippen molar-refractivity contribution in [3.05, 3.63) is 35.4 Å². The van der Waals surface area contributed by atoms with Crippen LogP contribution in [0.5, 0.6) is 0 Å². The first-order valence-corrected chi connectivity index (χ1v) is 7.75. The molecular weight excluding hydrogens is 264 g/mol. The summed E-state index contributed by atoms with van der Waals surface area (Å²) in [5.41, 5.74) is 2.53. The van der Waals surface area contributed by atoms with Gasteiger partial charge in [0.1, 0.15) is 0 Å². The molecule has 1 saturated carbocycles. The van der Waals surface area contributed by atoms with Gasteiger partial charge in [-0.2, -0.15) is 0 Å². The summed E-state index contributed by atoms with van der Waals surface area (Å²) in [4.78, 5) is 23.1. The van der Waals surface area contributed by atoms with Crippen LogP contribution in [0.2, 0.25) is 0 Å². The van der Waals surface area contributed by atoms with Gasteiger partial charge in [-0.15, -0.1) is 0 Å². The molecule has 1 aromatic rings. The summed E-state index contributed by atoms with van der Waals surface area (Å²) in [6.45, 7) is 3.35. The topological polar surface area (TPSA) is 58.2 Å². The number of rotatable bonds is 8. The van der Waals surface area contributed by atoms with E-state index < -0.39 is 0 Å². The van der Waals surface area contributed by atoms with Crippen LogP contribution >= 0.6 is 0 Å². The second-order valence-electron chi connectivity index (χ2n) is 5.70. The lowest BCUT2D eigenvalue weighted by Gasteiger charge is -2.08. The Kier molecular flexibility index (Phi) is 5.78. The maximum atomic E-state index is 11.7. The summed E-state index contributed by atoms with van der Waals surface area (Å²) < 4.78 is 0. The van der Waals surface area contributed by atoms with Crippen LogP contribution in [0.15, 0.2) is 24.3 Å². The Morgan fingerprint density at radius 2 is 1.90 bits per heavy atom. The van der Waals surface area contributed by atoms with Crippen LogP contribution in [0, 0.1) is 12.8 Å². The SMILES string of the molecule is Cc1ccccc1CCNC(=O)CCCNC(=O)C1CC1. The average molecular weight is 288 g/mol. The number of hydrogen-bond donors (Lipinski definition) is 2. The van der Waals surface area contributed by atoms with Gasteiger partial charge in [-0.05, 0) is 43.7 Å². The van der Waals surface area contributed by atoms with Gasteiger partial charge in [0, 0.05) is 25.4 Å². The van der Waals surface area contributed by atoms with E-state index in [1.54, 1.807) is 0 Å². The molecule has 1 aliphatic carbocycles. The lowest BCUT2D eigenvalue weighted by atomic mass is 10.1. The van der Waals surface area contributed by atoms with E-state index in [-0.39, 0.29) is 17.7 Å². The number of hydrogen-bond acceptors (Lipinski definition) is 2. The van der Waals surface area contributed by atoms with Crippen LogP contribution in [0.4, 0.5) is 0 Å². The van der Waals surface area contributed by atoms with E-state index in [0.29, 0.717) is 25.9 Å². The van der Waals surface area contributed by atoms with Gasteiger partial charge < -0.3 is 10.6 Å². The van der Waals surface area contributed by atoms with E-state index in [2.05, 4.69) is 29.7 Å². The number of amides is 2. The molecule has 2 N–H and O–H groups in total. The van der Waals surface area contributed by atoms with E-state index in [1.807, 2.05) is 12.1 Å². The van der Waals surface area contributed by atoms with Gasteiger partial charge in [-0.1, -0.05) is 24.3 Å². The quantitative estimate of drug-likeness (QED) is 0.718. The van der Waals surface area contributed by atoms with Gasteiger partial charge in [0.05, 0.1) is 0 Å². The van der Waals surface area contributed by atoms with E-state index >= 15 is 0 Å². The van der Waals surface area contributed by atoms with Gasteiger partial charge in [0.2, 0.25) is 11.8 Å². The van der Waals surface area contributed by atoms with Crippen molar-refractivity contribution >= 4 is 11.8 Å². The number of benzene rings is 1. The van der Waals surface area contributed by atoms with Crippen molar-refractivity contribution in [1.82, 2.24) is 10.6 Å². The molecule has 2 amide bonds. The Morgan fingerprint density at radius 3 is 2.62 bits per heavy atom. The van der Waals surface area contributed by atoms with Crippen LogP contribution in [0.25, 0.3) is 0 Å². The second-order valence-corrected chi connectivity index (χ2v) is 5.70. The fourth-order valence-electron chi connectivity index (χ4n) is 2.27. The van der Waals surface area contributed by atoms with E-state index in [1.165, 1.54) is 11.1 Å². The molecule has 4 nitrogen and oxygen atoms in total. The highest BCUT2D eigenvalue weighted by atomic mass is 16.2. The molecule has 0 aliphatic heterocycles. The molecule has 4 heteroatoms. The van der Waals surface area contributed by atoms with Gasteiger partial charge in [-0.25, -0.2) is 0 Å². The normalized spacial score (nSPS) is 13.8. The predicted octanol–water partition coefficient (Wildman–Crippen LogP) is 1.96. The van der Waals surface area contributed by atoms with Crippen molar-refractivity contribution in [2.24, 2.45) is 5.92 Å². The summed E-state index contributed by atoms with van der Waals surface area (Å²) in [5.74, 6) is 0.451. The molecule has 0 heterocycles. The lowest BCUT2D eigenvalue weighted by Crippen LogP contribution is -2.29. The Balaban J connectivity index is 1.53. The zero-order chi connectivity index (χ0) is 15.1. The van der Waals surface area contributed by atoms with Crippen molar-refractivity contribution in [1.29, 1.82) is 0 Å². The highest BCUT2D eigenvalue weighted by Crippen LogP contribution is 2.28. The Bertz CT molecular complexity index is 495. The summed E-state index contributed by atoms with van der Waals surface area (Å²) in [5, 5.41) is 5.80. The zero-order valence-corrected chi connectivity index (χ0v) is 12.7. The van der Waals surface area contributed by atoms with Crippen LogP contribution in [-0.4, -0.2) is 24.9 Å². The largest absolute Gasteiger partial charge is 0.356 e. The first kappa shape index (κ1) is 15.5. The first-order valence-electron chi connectivity index (χ1n) is 7.75. The standard InChI is InChI=1S/C17H24N2O2/c1-13-5-2-3-6-14(13)10-12-18-16(20)7-4-11-19-17(21)15-8-9-15/h2-3,5-6,15H,4,7-12H2,1H3,(H,18,20)(H,19,21). The average Bonchev–Trinajstić information content (AvgIpc) is 3.30. The first-order chi connectivity index (χ1) is 10.2. The molecule has 0 spiro atoms. The van der Waals surface area contributed by atoms with Gasteiger partial charge in [0.25, 0.3) is 0 Å². The molecule has 21 heavy (non-hydrogen) atoms. The summed E-state index contributed by atoms with van der Waals surface area (Å²) >= 11 is 0. The van der Waals surface area contributed by atoms with Crippen molar-refractivity contribution in [3.8, 4) is 0 Å². The molecule has 2 rings (SSSR count). The molecule has 114 valence electrons. The van der Waals surface area contributed by atoms with Gasteiger partial charge in [-0.3, -0.25) is 9.59 Å². The van der Waals surface area contributed by atoms with Crippen molar-refractivity contribution in [3.63, 3.8) is 0 Å². The maximum Gasteiger partial charge on any atom is 0.223 e. The summed E-state index contributed by atoms with van der Waals surface area (Å²) in [6, 6.07) is 8.22. The number of carbonyl (C=O) groups is 2. The molecule has 0 atom stereocenters. The smallest absolute Gasteiger partial charge is 0.223 e. The molecule has 0 radical (unpaired) electrons.